The minimum Gasteiger partial charge on any atom is -0.478 e. The third kappa shape index (κ3) is 5.71. The fraction of sp³-hybridized carbons (Fsp3) is 0.200. The number of alkyl halides is 3. The van der Waals surface area contributed by atoms with Crippen molar-refractivity contribution >= 4 is 23.2 Å². The van der Waals surface area contributed by atoms with E-state index in [9.17, 15) is 22.8 Å². The van der Waals surface area contributed by atoms with E-state index in [4.69, 9.17) is 5.11 Å². The maximum absolute atomic E-state index is 12.3. The van der Waals surface area contributed by atoms with E-state index in [0.29, 0.717) is 29.0 Å². The molecule has 1 aromatic carbocycles. The maximum Gasteiger partial charge on any atom is 0.573 e. The van der Waals surface area contributed by atoms with Crippen LogP contribution in [0.15, 0.2) is 59.5 Å². The van der Waals surface area contributed by atoms with Gasteiger partial charge < -0.3 is 15.2 Å². The molecule has 1 amide bonds. The molecule has 1 heterocycles. The second kappa shape index (κ2) is 8.52. The van der Waals surface area contributed by atoms with Gasteiger partial charge in [-0.3, -0.25) is 4.79 Å². The summed E-state index contributed by atoms with van der Waals surface area (Å²) in [6.07, 6.45) is 0.689. The molecule has 0 saturated heterocycles. The Morgan fingerprint density at radius 1 is 1.21 bits per heavy atom. The molecule has 1 aromatic heterocycles. The van der Waals surface area contributed by atoms with Gasteiger partial charge in [0.25, 0.3) is 5.91 Å². The quantitative estimate of drug-likeness (QED) is 0.710. The summed E-state index contributed by atoms with van der Waals surface area (Å²) in [6, 6.07) is 7.08. The van der Waals surface area contributed by atoms with Crippen molar-refractivity contribution in [2.75, 3.05) is 6.54 Å². The van der Waals surface area contributed by atoms with Gasteiger partial charge in [0, 0.05) is 6.54 Å². The molecule has 2 N–H and O–H groups in total. The highest BCUT2D eigenvalue weighted by Gasteiger charge is 2.31. The van der Waals surface area contributed by atoms with Gasteiger partial charge in [-0.1, -0.05) is 30.4 Å². The Morgan fingerprint density at radius 3 is 2.52 bits per heavy atom. The number of halogens is 3. The summed E-state index contributed by atoms with van der Waals surface area (Å²) in [5.41, 5.74) is 1.61. The first kappa shape index (κ1) is 20.7. The van der Waals surface area contributed by atoms with Crippen LogP contribution in [0, 0.1) is 5.92 Å². The van der Waals surface area contributed by atoms with E-state index in [2.05, 4.69) is 10.1 Å². The van der Waals surface area contributed by atoms with Crippen LogP contribution < -0.4 is 10.1 Å². The van der Waals surface area contributed by atoms with Crippen molar-refractivity contribution < 1.29 is 32.6 Å². The molecule has 3 rings (SSSR count). The van der Waals surface area contributed by atoms with E-state index < -0.39 is 12.3 Å². The summed E-state index contributed by atoms with van der Waals surface area (Å²) >= 11 is 1.23. The van der Waals surface area contributed by atoms with Crippen molar-refractivity contribution in [3.05, 3.63) is 64.4 Å². The molecule has 1 unspecified atom stereocenters. The highest BCUT2D eigenvalue weighted by atomic mass is 32.1. The van der Waals surface area contributed by atoms with Crippen molar-refractivity contribution in [3.8, 4) is 16.9 Å². The molecule has 0 radical (unpaired) electrons. The molecule has 1 atom stereocenters. The van der Waals surface area contributed by atoms with Crippen molar-refractivity contribution in [2.24, 2.45) is 5.92 Å². The zero-order chi connectivity index (χ0) is 21.0. The zero-order valence-electron chi connectivity index (χ0n) is 14.9. The molecule has 0 spiro atoms. The van der Waals surface area contributed by atoms with Gasteiger partial charge in [0.1, 0.15) is 5.75 Å². The lowest BCUT2D eigenvalue weighted by Crippen LogP contribution is -2.28. The Bertz CT molecular complexity index is 961. The zero-order valence-corrected chi connectivity index (χ0v) is 15.7. The predicted octanol–water partition coefficient (Wildman–Crippen LogP) is 4.63. The Kier molecular flexibility index (Phi) is 6.07. The number of carbonyl (C=O) groups excluding carboxylic acids is 1. The normalized spacial score (nSPS) is 16.2. The molecular formula is C20H16F3NO4S. The number of hydrogen-bond donors (Lipinski definition) is 2. The minimum absolute atomic E-state index is 0.0164. The molecule has 152 valence electrons. The SMILES string of the molecule is O=C(O)C1=CCC(CNC(=O)c2cc(-c3ccc(OC(F)(F)F)cc3)cs2)C=C1. The number of hydrogen-bond acceptors (Lipinski definition) is 4. The molecule has 29 heavy (non-hydrogen) atoms. The fourth-order valence-corrected chi connectivity index (χ4v) is 3.57. The first-order valence-electron chi connectivity index (χ1n) is 8.56. The van der Waals surface area contributed by atoms with Gasteiger partial charge in [0.05, 0.1) is 10.5 Å². The maximum atomic E-state index is 12.3. The average molecular weight is 423 g/mol. The van der Waals surface area contributed by atoms with Crippen LogP contribution >= 0.6 is 11.3 Å². The number of allylic oxidation sites excluding steroid dienone is 1. The van der Waals surface area contributed by atoms with Gasteiger partial charge in [0.2, 0.25) is 0 Å². The van der Waals surface area contributed by atoms with Gasteiger partial charge in [-0.2, -0.15) is 0 Å². The molecule has 1 aliphatic rings. The third-order valence-electron chi connectivity index (χ3n) is 4.20. The summed E-state index contributed by atoms with van der Waals surface area (Å²) < 4.78 is 40.5. The van der Waals surface area contributed by atoms with E-state index in [1.807, 2.05) is 0 Å². The predicted molar refractivity (Wildman–Crippen MR) is 102 cm³/mol. The molecule has 2 aromatic rings. The minimum atomic E-state index is -4.74. The second-order valence-electron chi connectivity index (χ2n) is 6.30. The van der Waals surface area contributed by atoms with E-state index in [1.54, 1.807) is 23.6 Å². The number of amides is 1. The molecular weight excluding hydrogens is 407 g/mol. The Labute approximate surface area is 168 Å². The Hall–Kier alpha value is -3.07. The lowest BCUT2D eigenvalue weighted by molar-refractivity contribution is -0.274. The molecule has 0 aliphatic heterocycles. The number of carboxylic acid groups (broad SMARTS) is 1. The first-order chi connectivity index (χ1) is 13.7. The number of aliphatic carboxylic acids is 1. The van der Waals surface area contributed by atoms with E-state index in [0.717, 1.165) is 0 Å². The molecule has 0 saturated carbocycles. The largest absolute Gasteiger partial charge is 0.573 e. The highest BCUT2D eigenvalue weighted by Crippen LogP contribution is 2.29. The van der Waals surface area contributed by atoms with Crippen molar-refractivity contribution in [1.29, 1.82) is 0 Å². The van der Waals surface area contributed by atoms with Gasteiger partial charge in [-0.15, -0.1) is 24.5 Å². The van der Waals surface area contributed by atoms with Crippen molar-refractivity contribution in [3.63, 3.8) is 0 Å². The van der Waals surface area contributed by atoms with E-state index in [1.165, 1.54) is 41.7 Å². The van der Waals surface area contributed by atoms with Crippen molar-refractivity contribution in [2.45, 2.75) is 12.8 Å². The molecule has 1 aliphatic carbocycles. The fourth-order valence-electron chi connectivity index (χ4n) is 2.74. The molecule has 0 bridgehead atoms. The first-order valence-corrected chi connectivity index (χ1v) is 9.44. The van der Waals surface area contributed by atoms with Crippen LogP contribution in [0.2, 0.25) is 0 Å². The number of carbonyl (C=O) groups is 2. The summed E-state index contributed by atoms with van der Waals surface area (Å²) in [7, 11) is 0. The number of ether oxygens (including phenoxy) is 1. The summed E-state index contributed by atoms with van der Waals surface area (Å²) in [4.78, 5) is 23.7. The topological polar surface area (TPSA) is 75.6 Å². The number of nitrogens with one attached hydrogen (secondary N) is 1. The number of carboxylic acids is 1. The van der Waals surface area contributed by atoms with E-state index >= 15 is 0 Å². The Morgan fingerprint density at radius 2 is 1.93 bits per heavy atom. The van der Waals surface area contributed by atoms with Crippen LogP contribution in [0.1, 0.15) is 16.1 Å². The number of benzene rings is 1. The molecule has 9 heteroatoms. The second-order valence-corrected chi connectivity index (χ2v) is 7.21. The van der Waals surface area contributed by atoms with Gasteiger partial charge >= 0.3 is 12.3 Å². The molecule has 5 nitrogen and oxygen atoms in total. The number of thiophene rings is 1. The highest BCUT2D eigenvalue weighted by molar-refractivity contribution is 7.12. The summed E-state index contributed by atoms with van der Waals surface area (Å²) in [5, 5.41) is 13.5. The smallest absolute Gasteiger partial charge is 0.478 e. The Balaban J connectivity index is 1.56. The average Bonchev–Trinajstić information content (AvgIpc) is 3.16. The van der Waals surface area contributed by atoms with Crippen molar-refractivity contribution in [1.82, 2.24) is 5.32 Å². The van der Waals surface area contributed by atoms with E-state index in [-0.39, 0.29) is 23.1 Å². The van der Waals surface area contributed by atoms with Gasteiger partial charge in [-0.25, -0.2) is 4.79 Å². The third-order valence-corrected chi connectivity index (χ3v) is 5.13. The van der Waals surface area contributed by atoms with Crippen LogP contribution in [0.3, 0.4) is 0 Å². The van der Waals surface area contributed by atoms with Gasteiger partial charge in [0.15, 0.2) is 0 Å². The molecule has 0 fully saturated rings. The number of rotatable bonds is 6. The van der Waals surface area contributed by atoms with Crippen LogP contribution in [0.25, 0.3) is 11.1 Å². The lowest BCUT2D eigenvalue weighted by atomic mass is 9.96. The standard InChI is InChI=1S/C20H16F3NO4S/c21-20(22,23)28-16-7-5-13(6-8-16)15-9-17(29-11-15)18(25)24-10-12-1-3-14(4-2-12)19(26)27/h1,3-9,11-12H,2,10H2,(H,24,25)(H,26,27). The lowest BCUT2D eigenvalue weighted by Gasteiger charge is -2.15. The van der Waals surface area contributed by atoms with Crippen LogP contribution in [-0.4, -0.2) is 29.9 Å². The summed E-state index contributed by atoms with van der Waals surface area (Å²) in [6.45, 7) is 0.370. The summed E-state index contributed by atoms with van der Waals surface area (Å²) in [5.74, 6) is -1.54. The van der Waals surface area contributed by atoms with Gasteiger partial charge in [-0.05, 0) is 47.0 Å². The monoisotopic (exact) mass is 423 g/mol. The van der Waals surface area contributed by atoms with Crippen LogP contribution in [0.4, 0.5) is 13.2 Å². The van der Waals surface area contributed by atoms with Crippen LogP contribution in [0.5, 0.6) is 5.75 Å². The van der Waals surface area contributed by atoms with Crippen LogP contribution in [-0.2, 0) is 4.79 Å².